The predicted octanol–water partition coefficient (Wildman–Crippen LogP) is 3.13. The highest BCUT2D eigenvalue weighted by atomic mass is 35.5. The number of nitrogens with two attached hydrogens (primary N) is 1. The second-order valence-electron chi connectivity index (χ2n) is 3.42. The van der Waals surface area contributed by atoms with Crippen LogP contribution in [0.1, 0.15) is 0 Å². The minimum atomic E-state index is 0.518. The highest BCUT2D eigenvalue weighted by Crippen LogP contribution is 2.33. The first-order chi connectivity index (χ1) is 7.18. The van der Waals surface area contributed by atoms with E-state index in [1.54, 1.807) is 6.07 Å². The fourth-order valence-corrected chi connectivity index (χ4v) is 2.86. The number of anilines is 2. The first-order valence-electron chi connectivity index (χ1n) is 4.75. The van der Waals surface area contributed by atoms with Crippen LogP contribution < -0.4 is 10.6 Å². The van der Waals surface area contributed by atoms with E-state index in [0.29, 0.717) is 15.7 Å². The molecule has 15 heavy (non-hydrogen) atoms. The van der Waals surface area contributed by atoms with Gasteiger partial charge < -0.3 is 10.6 Å². The average molecular weight is 263 g/mol. The van der Waals surface area contributed by atoms with Crippen molar-refractivity contribution in [3.8, 4) is 0 Å². The van der Waals surface area contributed by atoms with Crippen molar-refractivity contribution in [2.75, 3.05) is 35.2 Å². The molecule has 82 valence electrons. The molecular formula is C10H12Cl2N2S. The molecule has 1 saturated heterocycles. The molecular weight excluding hydrogens is 251 g/mol. The molecule has 0 atom stereocenters. The van der Waals surface area contributed by atoms with Gasteiger partial charge in [0, 0.05) is 24.6 Å². The maximum absolute atomic E-state index is 5.99. The summed E-state index contributed by atoms with van der Waals surface area (Å²) in [5.74, 6) is 2.28. The van der Waals surface area contributed by atoms with Crippen LogP contribution in [0.4, 0.5) is 11.4 Å². The third-order valence-electron chi connectivity index (χ3n) is 2.42. The van der Waals surface area contributed by atoms with E-state index in [1.165, 1.54) is 0 Å². The topological polar surface area (TPSA) is 29.3 Å². The van der Waals surface area contributed by atoms with Gasteiger partial charge in [0.1, 0.15) is 0 Å². The third-order valence-corrected chi connectivity index (χ3v) is 4.09. The van der Waals surface area contributed by atoms with Crippen LogP contribution in [0.5, 0.6) is 0 Å². The van der Waals surface area contributed by atoms with E-state index in [2.05, 4.69) is 4.90 Å². The van der Waals surface area contributed by atoms with Crippen LogP contribution >= 0.6 is 35.0 Å². The smallest absolute Gasteiger partial charge is 0.0616 e. The van der Waals surface area contributed by atoms with E-state index < -0.39 is 0 Å². The van der Waals surface area contributed by atoms with Crippen molar-refractivity contribution >= 4 is 46.3 Å². The van der Waals surface area contributed by atoms with E-state index in [9.17, 15) is 0 Å². The molecule has 1 heterocycles. The van der Waals surface area contributed by atoms with E-state index in [1.807, 2.05) is 17.8 Å². The molecule has 0 unspecified atom stereocenters. The molecule has 0 amide bonds. The number of benzene rings is 1. The lowest BCUT2D eigenvalue weighted by molar-refractivity contribution is 0.860. The molecule has 0 radical (unpaired) electrons. The summed E-state index contributed by atoms with van der Waals surface area (Å²) in [6.07, 6.45) is 0. The number of nitrogens with zero attached hydrogens (tertiary/aromatic N) is 1. The summed E-state index contributed by atoms with van der Waals surface area (Å²) in [6, 6.07) is 3.58. The van der Waals surface area contributed by atoms with Crippen molar-refractivity contribution in [3.63, 3.8) is 0 Å². The largest absolute Gasteiger partial charge is 0.397 e. The van der Waals surface area contributed by atoms with Gasteiger partial charge in [-0.1, -0.05) is 23.2 Å². The van der Waals surface area contributed by atoms with Gasteiger partial charge in [0.2, 0.25) is 0 Å². The van der Waals surface area contributed by atoms with Crippen molar-refractivity contribution in [3.05, 3.63) is 22.2 Å². The van der Waals surface area contributed by atoms with Crippen LogP contribution in [0.15, 0.2) is 12.1 Å². The minimum absolute atomic E-state index is 0.518. The maximum atomic E-state index is 5.99. The van der Waals surface area contributed by atoms with Gasteiger partial charge in [0.05, 0.1) is 21.4 Å². The van der Waals surface area contributed by atoms with E-state index >= 15 is 0 Å². The van der Waals surface area contributed by atoms with E-state index in [0.717, 1.165) is 30.3 Å². The van der Waals surface area contributed by atoms with Gasteiger partial charge >= 0.3 is 0 Å². The van der Waals surface area contributed by atoms with Gasteiger partial charge in [-0.15, -0.1) is 0 Å². The summed E-state index contributed by atoms with van der Waals surface area (Å²) >= 11 is 13.8. The number of halogens is 2. The Bertz CT molecular complexity index is 365. The predicted molar refractivity (Wildman–Crippen MR) is 70.4 cm³/mol. The fraction of sp³-hybridized carbons (Fsp3) is 0.400. The van der Waals surface area contributed by atoms with E-state index in [-0.39, 0.29) is 0 Å². The van der Waals surface area contributed by atoms with Gasteiger partial charge in [-0.2, -0.15) is 11.8 Å². The Labute approximate surface area is 104 Å². The molecule has 1 aromatic carbocycles. The molecule has 0 saturated carbocycles. The summed E-state index contributed by atoms with van der Waals surface area (Å²) in [7, 11) is 0. The van der Waals surface area contributed by atoms with Gasteiger partial charge in [0.25, 0.3) is 0 Å². The standard InChI is InChI=1S/C10H12Cl2N2S/c11-7-5-9(13)10(6-8(7)12)14-1-3-15-4-2-14/h5-6H,1-4,13H2. The first kappa shape index (κ1) is 11.2. The molecule has 1 aliphatic heterocycles. The molecule has 2 N–H and O–H groups in total. The summed E-state index contributed by atoms with van der Waals surface area (Å²) in [6.45, 7) is 2.04. The third kappa shape index (κ3) is 2.47. The summed E-state index contributed by atoms with van der Waals surface area (Å²) in [4.78, 5) is 2.26. The summed E-state index contributed by atoms with van der Waals surface area (Å²) < 4.78 is 0. The SMILES string of the molecule is Nc1cc(Cl)c(Cl)cc1N1CCSCC1. The number of hydrogen-bond acceptors (Lipinski definition) is 3. The highest BCUT2D eigenvalue weighted by molar-refractivity contribution is 7.99. The van der Waals surface area contributed by atoms with Crippen LogP contribution in [0.25, 0.3) is 0 Å². The Morgan fingerprint density at radius 1 is 1.13 bits per heavy atom. The number of nitrogen functional groups attached to an aromatic ring is 1. The molecule has 2 nitrogen and oxygen atoms in total. The molecule has 2 rings (SSSR count). The molecule has 0 aliphatic carbocycles. The van der Waals surface area contributed by atoms with Crippen LogP contribution in [0.2, 0.25) is 10.0 Å². The molecule has 1 fully saturated rings. The monoisotopic (exact) mass is 262 g/mol. The minimum Gasteiger partial charge on any atom is -0.397 e. The Morgan fingerprint density at radius 3 is 2.40 bits per heavy atom. The molecule has 1 aromatic rings. The second-order valence-corrected chi connectivity index (χ2v) is 5.46. The van der Waals surface area contributed by atoms with Gasteiger partial charge in [-0.25, -0.2) is 0 Å². The van der Waals surface area contributed by atoms with Crippen LogP contribution in [0, 0.1) is 0 Å². The number of hydrogen-bond donors (Lipinski definition) is 1. The first-order valence-corrected chi connectivity index (χ1v) is 6.67. The fourth-order valence-electron chi connectivity index (χ4n) is 1.63. The van der Waals surface area contributed by atoms with E-state index in [4.69, 9.17) is 28.9 Å². The van der Waals surface area contributed by atoms with Crippen molar-refractivity contribution in [2.24, 2.45) is 0 Å². The van der Waals surface area contributed by atoms with Gasteiger partial charge in [0.15, 0.2) is 0 Å². The van der Waals surface area contributed by atoms with Crippen LogP contribution in [-0.2, 0) is 0 Å². The zero-order valence-corrected chi connectivity index (χ0v) is 10.5. The summed E-state index contributed by atoms with van der Waals surface area (Å²) in [5.41, 5.74) is 7.64. The van der Waals surface area contributed by atoms with Crippen LogP contribution in [0.3, 0.4) is 0 Å². The molecule has 0 aromatic heterocycles. The Balaban J connectivity index is 2.30. The highest BCUT2D eigenvalue weighted by Gasteiger charge is 2.15. The average Bonchev–Trinajstić information content (AvgIpc) is 2.25. The Hall–Kier alpha value is -0.250. The zero-order valence-electron chi connectivity index (χ0n) is 8.17. The van der Waals surface area contributed by atoms with Crippen molar-refractivity contribution in [1.82, 2.24) is 0 Å². The maximum Gasteiger partial charge on any atom is 0.0616 e. The van der Waals surface area contributed by atoms with Gasteiger partial charge in [-0.05, 0) is 12.1 Å². The summed E-state index contributed by atoms with van der Waals surface area (Å²) in [5, 5.41) is 1.09. The lowest BCUT2D eigenvalue weighted by Crippen LogP contribution is -2.32. The van der Waals surface area contributed by atoms with Crippen molar-refractivity contribution in [1.29, 1.82) is 0 Å². The molecule has 0 spiro atoms. The molecule has 0 bridgehead atoms. The Morgan fingerprint density at radius 2 is 1.73 bits per heavy atom. The Kier molecular flexibility index (Phi) is 3.54. The zero-order chi connectivity index (χ0) is 10.8. The molecule has 1 aliphatic rings. The molecule has 5 heteroatoms. The quantitative estimate of drug-likeness (QED) is 0.789. The lowest BCUT2D eigenvalue weighted by atomic mass is 10.2. The normalized spacial score (nSPS) is 16.8. The lowest BCUT2D eigenvalue weighted by Gasteiger charge is -2.29. The number of thioether (sulfide) groups is 1. The number of rotatable bonds is 1. The van der Waals surface area contributed by atoms with Gasteiger partial charge in [-0.3, -0.25) is 0 Å². The van der Waals surface area contributed by atoms with Crippen molar-refractivity contribution in [2.45, 2.75) is 0 Å². The van der Waals surface area contributed by atoms with Crippen LogP contribution in [-0.4, -0.2) is 24.6 Å². The van der Waals surface area contributed by atoms with Crippen molar-refractivity contribution < 1.29 is 0 Å². The second kappa shape index (κ2) is 4.73.